The summed E-state index contributed by atoms with van der Waals surface area (Å²) in [5, 5.41) is 7.22. The van der Waals surface area contributed by atoms with Crippen LogP contribution in [0.1, 0.15) is 6.42 Å². The van der Waals surface area contributed by atoms with Gasteiger partial charge in [0.15, 0.2) is 0 Å². The summed E-state index contributed by atoms with van der Waals surface area (Å²) in [6.07, 6.45) is 2.14. The minimum Gasteiger partial charge on any atom is -0.497 e. The summed E-state index contributed by atoms with van der Waals surface area (Å²) in [4.78, 5) is 16.4. The summed E-state index contributed by atoms with van der Waals surface area (Å²) in [7, 11) is 1.61. The molecule has 0 spiro atoms. The van der Waals surface area contributed by atoms with Gasteiger partial charge in [0.25, 0.3) is 0 Å². The third-order valence-corrected chi connectivity index (χ3v) is 3.67. The van der Waals surface area contributed by atoms with Crippen LogP contribution in [-0.2, 0) is 4.79 Å². The molecule has 2 aromatic carbocycles. The molecule has 1 amide bonds. The lowest BCUT2D eigenvalue weighted by atomic mass is 10.2. The highest BCUT2D eigenvalue weighted by Crippen LogP contribution is 2.20. The van der Waals surface area contributed by atoms with E-state index in [2.05, 4.69) is 15.6 Å². The smallest absolute Gasteiger partial charge is 0.226 e. The predicted molar refractivity (Wildman–Crippen MR) is 96.5 cm³/mol. The van der Waals surface area contributed by atoms with Crippen molar-refractivity contribution >= 4 is 28.2 Å². The normalized spacial score (nSPS) is 10.4. The van der Waals surface area contributed by atoms with Gasteiger partial charge in [-0.2, -0.15) is 0 Å². The molecule has 0 saturated heterocycles. The molecule has 3 rings (SSSR count). The van der Waals surface area contributed by atoms with Gasteiger partial charge in [-0.25, -0.2) is 0 Å². The molecule has 0 saturated carbocycles. The van der Waals surface area contributed by atoms with Gasteiger partial charge in [-0.15, -0.1) is 0 Å². The van der Waals surface area contributed by atoms with Crippen LogP contribution < -0.4 is 15.4 Å². The Balaban J connectivity index is 1.54. The minimum atomic E-state index is -0.0409. The molecule has 122 valence electrons. The summed E-state index contributed by atoms with van der Waals surface area (Å²) in [5.74, 6) is 0.721. The first-order valence-corrected chi connectivity index (χ1v) is 7.78. The van der Waals surface area contributed by atoms with Crippen molar-refractivity contribution in [2.24, 2.45) is 0 Å². The molecule has 5 heteroatoms. The molecule has 1 aromatic heterocycles. The molecule has 24 heavy (non-hydrogen) atoms. The van der Waals surface area contributed by atoms with E-state index in [1.165, 1.54) is 0 Å². The Labute approximate surface area is 140 Å². The number of nitrogens with zero attached hydrogens (tertiary/aromatic N) is 1. The van der Waals surface area contributed by atoms with Gasteiger partial charge in [0.1, 0.15) is 5.75 Å². The number of methoxy groups -OCH3 is 1. The Hall–Kier alpha value is -3.08. The second kappa shape index (κ2) is 7.46. The van der Waals surface area contributed by atoms with E-state index < -0.39 is 0 Å². The molecule has 5 nitrogen and oxygen atoms in total. The van der Waals surface area contributed by atoms with E-state index in [9.17, 15) is 4.79 Å². The van der Waals surface area contributed by atoms with Crippen LogP contribution in [-0.4, -0.2) is 24.5 Å². The SMILES string of the molecule is COc1ccc(NC(=O)CCNc2cccc3cccnc23)cc1. The lowest BCUT2D eigenvalue weighted by Gasteiger charge is -2.09. The number of fused-ring (bicyclic) bond motifs is 1. The summed E-state index contributed by atoms with van der Waals surface area (Å²) >= 11 is 0. The summed E-state index contributed by atoms with van der Waals surface area (Å²) < 4.78 is 5.09. The maximum atomic E-state index is 12.0. The lowest BCUT2D eigenvalue weighted by Crippen LogP contribution is -2.16. The van der Waals surface area contributed by atoms with Gasteiger partial charge < -0.3 is 15.4 Å². The number of pyridine rings is 1. The molecular weight excluding hydrogens is 302 g/mol. The molecule has 1 heterocycles. The Kier molecular flexibility index (Phi) is 4.91. The van der Waals surface area contributed by atoms with Crippen LogP contribution in [0.15, 0.2) is 60.8 Å². The number of hydrogen-bond donors (Lipinski definition) is 2. The third-order valence-electron chi connectivity index (χ3n) is 3.67. The molecule has 0 aliphatic heterocycles. The number of para-hydroxylation sites is 1. The molecular formula is C19H19N3O2. The topological polar surface area (TPSA) is 63.2 Å². The zero-order valence-electron chi connectivity index (χ0n) is 13.5. The fourth-order valence-electron chi connectivity index (χ4n) is 2.46. The van der Waals surface area contributed by atoms with Gasteiger partial charge >= 0.3 is 0 Å². The van der Waals surface area contributed by atoms with Crippen LogP contribution in [0.3, 0.4) is 0 Å². The number of carbonyl (C=O) groups is 1. The molecule has 0 radical (unpaired) electrons. The zero-order chi connectivity index (χ0) is 16.8. The van der Waals surface area contributed by atoms with Gasteiger partial charge in [0.2, 0.25) is 5.91 Å². The maximum Gasteiger partial charge on any atom is 0.226 e. The number of benzene rings is 2. The molecule has 0 fully saturated rings. The summed E-state index contributed by atoms with van der Waals surface area (Å²) in [6, 6.07) is 17.2. The van der Waals surface area contributed by atoms with Gasteiger partial charge in [-0.05, 0) is 36.4 Å². The largest absolute Gasteiger partial charge is 0.497 e. The van der Waals surface area contributed by atoms with Crippen molar-refractivity contribution in [3.63, 3.8) is 0 Å². The standard InChI is InChI=1S/C19H19N3O2/c1-24-16-9-7-15(8-10-16)22-18(23)11-13-20-17-6-2-4-14-5-3-12-21-19(14)17/h2-10,12,20H,11,13H2,1H3,(H,22,23). The number of amides is 1. The highest BCUT2D eigenvalue weighted by molar-refractivity contribution is 5.92. The van der Waals surface area contributed by atoms with E-state index in [0.717, 1.165) is 28.0 Å². The number of carbonyl (C=O) groups excluding carboxylic acids is 1. The van der Waals surface area contributed by atoms with Crippen LogP contribution in [0.4, 0.5) is 11.4 Å². The monoisotopic (exact) mass is 321 g/mol. The Morgan fingerprint density at radius 1 is 1.08 bits per heavy atom. The maximum absolute atomic E-state index is 12.0. The number of rotatable bonds is 6. The van der Waals surface area contributed by atoms with Gasteiger partial charge in [-0.3, -0.25) is 9.78 Å². The van der Waals surface area contributed by atoms with E-state index in [-0.39, 0.29) is 5.91 Å². The molecule has 3 aromatic rings. The number of ether oxygens (including phenoxy) is 1. The van der Waals surface area contributed by atoms with Crippen molar-refractivity contribution in [1.82, 2.24) is 4.98 Å². The quantitative estimate of drug-likeness (QED) is 0.727. The van der Waals surface area contributed by atoms with E-state index in [1.807, 2.05) is 54.6 Å². The van der Waals surface area contributed by atoms with E-state index in [1.54, 1.807) is 13.3 Å². The van der Waals surface area contributed by atoms with Crippen LogP contribution in [0.25, 0.3) is 10.9 Å². The Bertz CT molecular complexity index is 826. The van der Waals surface area contributed by atoms with Crippen molar-refractivity contribution in [2.45, 2.75) is 6.42 Å². The first-order valence-electron chi connectivity index (χ1n) is 7.78. The highest BCUT2D eigenvalue weighted by Gasteiger charge is 2.04. The zero-order valence-corrected chi connectivity index (χ0v) is 13.5. The number of aromatic nitrogens is 1. The second-order valence-corrected chi connectivity index (χ2v) is 5.33. The average Bonchev–Trinajstić information content (AvgIpc) is 2.62. The van der Waals surface area contributed by atoms with Crippen molar-refractivity contribution in [3.8, 4) is 5.75 Å². The van der Waals surface area contributed by atoms with Crippen LogP contribution >= 0.6 is 0 Å². The second-order valence-electron chi connectivity index (χ2n) is 5.33. The number of hydrogen-bond acceptors (Lipinski definition) is 4. The molecule has 2 N–H and O–H groups in total. The Morgan fingerprint density at radius 3 is 2.67 bits per heavy atom. The molecule has 0 atom stereocenters. The van der Waals surface area contributed by atoms with E-state index in [0.29, 0.717) is 13.0 Å². The van der Waals surface area contributed by atoms with Gasteiger partial charge in [0, 0.05) is 30.2 Å². The molecule has 0 unspecified atom stereocenters. The fourth-order valence-corrected chi connectivity index (χ4v) is 2.46. The first-order chi connectivity index (χ1) is 11.8. The van der Waals surface area contributed by atoms with Gasteiger partial charge in [0.05, 0.1) is 18.3 Å². The van der Waals surface area contributed by atoms with Crippen LogP contribution in [0, 0.1) is 0 Å². The van der Waals surface area contributed by atoms with Crippen molar-refractivity contribution in [1.29, 1.82) is 0 Å². The fraction of sp³-hybridized carbons (Fsp3) is 0.158. The van der Waals surface area contributed by atoms with Crippen molar-refractivity contribution in [2.75, 3.05) is 24.3 Å². The van der Waals surface area contributed by atoms with Crippen molar-refractivity contribution < 1.29 is 9.53 Å². The van der Waals surface area contributed by atoms with E-state index >= 15 is 0 Å². The molecule has 0 aliphatic carbocycles. The Morgan fingerprint density at radius 2 is 1.88 bits per heavy atom. The minimum absolute atomic E-state index is 0.0409. The van der Waals surface area contributed by atoms with Gasteiger partial charge in [-0.1, -0.05) is 18.2 Å². The van der Waals surface area contributed by atoms with Crippen LogP contribution in [0.5, 0.6) is 5.75 Å². The lowest BCUT2D eigenvalue weighted by molar-refractivity contribution is -0.115. The summed E-state index contributed by atoms with van der Waals surface area (Å²) in [6.45, 7) is 0.539. The van der Waals surface area contributed by atoms with Crippen LogP contribution in [0.2, 0.25) is 0 Å². The molecule has 0 aliphatic rings. The molecule has 0 bridgehead atoms. The predicted octanol–water partition coefficient (Wildman–Crippen LogP) is 3.68. The number of nitrogens with one attached hydrogen (secondary N) is 2. The average molecular weight is 321 g/mol. The third kappa shape index (κ3) is 3.81. The van der Waals surface area contributed by atoms with E-state index in [4.69, 9.17) is 4.74 Å². The highest BCUT2D eigenvalue weighted by atomic mass is 16.5. The number of anilines is 2. The first kappa shape index (κ1) is 15.8. The van der Waals surface area contributed by atoms with Crippen molar-refractivity contribution in [3.05, 3.63) is 60.8 Å². The summed E-state index contributed by atoms with van der Waals surface area (Å²) in [5.41, 5.74) is 2.61.